The van der Waals surface area contributed by atoms with Gasteiger partial charge in [0.05, 0.1) is 35.8 Å². The fourth-order valence-electron chi connectivity index (χ4n) is 14.3. The molecule has 1 heterocycles. The van der Waals surface area contributed by atoms with Gasteiger partial charge >= 0.3 is 0 Å². The molecule has 0 amide bonds. The number of rotatable bonds is 4. The van der Waals surface area contributed by atoms with Crippen LogP contribution in [0.1, 0.15) is 52.7 Å². The molecule has 1 unspecified atom stereocenters. The van der Waals surface area contributed by atoms with E-state index < -0.39 is 10.8 Å². The summed E-state index contributed by atoms with van der Waals surface area (Å²) in [5, 5.41) is 2.78. The van der Waals surface area contributed by atoms with Gasteiger partial charge in [-0.1, -0.05) is 212 Å². The Hall–Kier alpha value is -9.50. The highest BCUT2D eigenvalue weighted by Crippen LogP contribution is 2.66. The molecule has 0 saturated heterocycles. The summed E-state index contributed by atoms with van der Waals surface area (Å²) in [6.45, 7) is 0. The molecule has 13 aromatic rings. The Labute approximate surface area is 437 Å². The van der Waals surface area contributed by atoms with Gasteiger partial charge in [0.25, 0.3) is 0 Å². The summed E-state index contributed by atoms with van der Waals surface area (Å²) in [5.74, 6) is 0. The van der Waals surface area contributed by atoms with Gasteiger partial charge < -0.3 is 9.47 Å². The second-order valence-corrected chi connectivity index (χ2v) is 20.1. The van der Waals surface area contributed by atoms with Crippen LogP contribution in [0.2, 0.25) is 0 Å². The molecule has 0 saturated carbocycles. The Morgan fingerprint density at radius 3 is 1.53 bits per heavy atom. The number of para-hydroxylation sites is 2. The molecular weight excluding hydrogens is 893 g/mol. The largest absolute Gasteiger partial charge is 0.310 e. The normalized spacial score (nSPS) is 16.6. The lowest BCUT2D eigenvalue weighted by Gasteiger charge is -2.40. The van der Waals surface area contributed by atoms with Gasteiger partial charge in [0.1, 0.15) is 0 Å². The molecule has 1 aromatic heterocycles. The molecule has 0 radical (unpaired) electrons. The van der Waals surface area contributed by atoms with Gasteiger partial charge in [-0.15, -0.1) is 0 Å². The third-order valence-electron chi connectivity index (χ3n) is 16.9. The maximum absolute atomic E-state index is 10.1. The second-order valence-electron chi connectivity index (χ2n) is 20.1. The summed E-state index contributed by atoms with van der Waals surface area (Å²) >= 11 is 0. The minimum Gasteiger partial charge on any atom is -0.310 e. The molecule has 17 rings (SSSR count). The van der Waals surface area contributed by atoms with Crippen LogP contribution in [0.25, 0.3) is 82.8 Å². The highest BCUT2D eigenvalue weighted by molar-refractivity contribution is 6.12. The van der Waals surface area contributed by atoms with Crippen LogP contribution < -0.4 is 4.90 Å². The molecule has 74 heavy (non-hydrogen) atoms. The number of benzene rings is 12. The van der Waals surface area contributed by atoms with Crippen LogP contribution in [0.15, 0.2) is 267 Å². The van der Waals surface area contributed by atoms with Gasteiger partial charge in [0.2, 0.25) is 0 Å². The number of fused-ring (bicyclic) bond motifs is 22. The molecule has 0 aliphatic heterocycles. The first-order chi connectivity index (χ1) is 39.2. The fraction of sp³-hybridized carbons (Fsp3) is 0.0278. The van der Waals surface area contributed by atoms with E-state index in [9.17, 15) is 6.85 Å². The second kappa shape index (κ2) is 14.6. The standard InChI is InChI=1S/C72H44N2/c1-2-21-46(22-3-1)74-66-37-15-9-27-54(66)57-43-47(40-42-67(57)74)73(48-39-41-53-51-25-6-12-32-60(51)71(65(53)44-48)58-30-10-4-23-49(58)50-24-5-11-31-59(50)71)68-38-18-36-64-70(68)56-28-8-14-34-62(56)72(64)61-33-13-7-26-52(61)55-29-16-19-45-20-17-35-63(72)69(45)55/h1-44H/i16D,17D,19D,20D,29D,35D. The predicted octanol–water partition coefficient (Wildman–Crippen LogP) is 18.1. The van der Waals surface area contributed by atoms with E-state index in [1.54, 1.807) is 0 Å². The molecular formula is C72H44N2. The van der Waals surface area contributed by atoms with Gasteiger partial charge in [-0.25, -0.2) is 0 Å². The maximum Gasteiger partial charge on any atom is 0.0726 e. The fourth-order valence-corrected chi connectivity index (χ4v) is 14.3. The van der Waals surface area contributed by atoms with Crippen molar-refractivity contribution in [2.75, 3.05) is 4.90 Å². The molecule has 4 aliphatic rings. The van der Waals surface area contributed by atoms with E-state index in [1.807, 2.05) is 24.3 Å². The Kier molecular flexibility index (Phi) is 6.84. The lowest BCUT2D eigenvalue weighted by Crippen LogP contribution is -2.31. The summed E-state index contributed by atoms with van der Waals surface area (Å²) < 4.78 is 59.2. The highest BCUT2D eigenvalue weighted by atomic mass is 15.1. The monoisotopic (exact) mass is 942 g/mol. The van der Waals surface area contributed by atoms with Crippen LogP contribution in [0.5, 0.6) is 0 Å². The van der Waals surface area contributed by atoms with Gasteiger partial charge in [0, 0.05) is 33.4 Å². The van der Waals surface area contributed by atoms with Crippen LogP contribution in [-0.4, -0.2) is 4.57 Å². The Bertz CT molecular complexity index is 4870. The van der Waals surface area contributed by atoms with Crippen molar-refractivity contribution in [2.45, 2.75) is 10.8 Å². The summed E-state index contributed by atoms with van der Waals surface area (Å²) in [6, 6.07) is 81.2. The molecule has 1 atom stereocenters. The number of aromatic nitrogens is 1. The van der Waals surface area contributed by atoms with E-state index in [4.69, 9.17) is 1.37 Å². The number of anilines is 3. The first-order valence-corrected chi connectivity index (χ1v) is 25.4. The zero-order valence-electron chi connectivity index (χ0n) is 45.8. The SMILES string of the molecule is [2H]c1c([2H])c2c3c(c([2H])c([2H])c([2H])c3c1[2H])C1(c3ccccc3-c3c(N(c4ccc5c(c4)C4(c6ccccc6-c6ccccc64)c4ccccc4-5)c4ccc5c(c4)c4ccccc4n5-c4ccccc4)cccc31)c1ccccc1-2. The Morgan fingerprint density at radius 1 is 0.338 bits per heavy atom. The Balaban J connectivity index is 1.00. The van der Waals surface area contributed by atoms with E-state index >= 15 is 0 Å². The third kappa shape index (κ3) is 4.86. The molecule has 12 aromatic carbocycles. The summed E-state index contributed by atoms with van der Waals surface area (Å²) in [5.41, 5.74) is 20.2. The van der Waals surface area contributed by atoms with Crippen LogP contribution in [0.3, 0.4) is 0 Å². The van der Waals surface area contributed by atoms with Crippen molar-refractivity contribution in [3.8, 4) is 50.2 Å². The molecule has 4 aliphatic carbocycles. The zero-order valence-corrected chi connectivity index (χ0v) is 39.8. The van der Waals surface area contributed by atoms with E-state index in [0.717, 1.165) is 72.4 Å². The van der Waals surface area contributed by atoms with E-state index in [-0.39, 0.29) is 41.6 Å². The molecule has 2 heteroatoms. The van der Waals surface area contributed by atoms with Gasteiger partial charge in [-0.3, -0.25) is 0 Å². The van der Waals surface area contributed by atoms with Crippen LogP contribution in [-0.2, 0) is 10.8 Å². The van der Waals surface area contributed by atoms with Crippen molar-refractivity contribution < 1.29 is 8.22 Å². The van der Waals surface area contributed by atoms with Gasteiger partial charge in [0.15, 0.2) is 0 Å². The highest BCUT2D eigenvalue weighted by Gasteiger charge is 2.53. The van der Waals surface area contributed by atoms with Crippen LogP contribution in [0, 0.1) is 0 Å². The summed E-state index contributed by atoms with van der Waals surface area (Å²) in [7, 11) is 0. The average molecular weight is 943 g/mol. The number of hydrogen-bond donors (Lipinski definition) is 0. The van der Waals surface area contributed by atoms with Crippen molar-refractivity contribution in [2.24, 2.45) is 0 Å². The van der Waals surface area contributed by atoms with Gasteiger partial charge in [-0.05, 0) is 149 Å². The van der Waals surface area contributed by atoms with E-state index in [1.165, 1.54) is 44.5 Å². The van der Waals surface area contributed by atoms with Gasteiger partial charge in [-0.2, -0.15) is 0 Å². The van der Waals surface area contributed by atoms with E-state index in [0.29, 0.717) is 22.1 Å². The lowest BCUT2D eigenvalue weighted by atomic mass is 9.61. The van der Waals surface area contributed by atoms with E-state index in [2.05, 4.69) is 216 Å². The quantitative estimate of drug-likeness (QED) is 0.171. The number of hydrogen-bond acceptors (Lipinski definition) is 1. The first kappa shape index (κ1) is 34.8. The van der Waals surface area contributed by atoms with Crippen molar-refractivity contribution >= 4 is 49.6 Å². The van der Waals surface area contributed by atoms with Crippen molar-refractivity contribution in [3.63, 3.8) is 0 Å². The molecule has 2 nitrogen and oxygen atoms in total. The van der Waals surface area contributed by atoms with Crippen LogP contribution >= 0.6 is 0 Å². The van der Waals surface area contributed by atoms with Crippen molar-refractivity contribution in [3.05, 3.63) is 311 Å². The lowest BCUT2D eigenvalue weighted by molar-refractivity contribution is 0.773. The minimum atomic E-state index is -1.23. The smallest absolute Gasteiger partial charge is 0.0726 e. The predicted molar refractivity (Wildman–Crippen MR) is 306 cm³/mol. The summed E-state index contributed by atoms with van der Waals surface area (Å²) in [4.78, 5) is 2.42. The van der Waals surface area contributed by atoms with Crippen molar-refractivity contribution in [1.82, 2.24) is 4.57 Å². The zero-order chi connectivity index (χ0) is 53.5. The molecule has 2 spiro atoms. The molecule has 0 fully saturated rings. The topological polar surface area (TPSA) is 8.17 Å². The first-order valence-electron chi connectivity index (χ1n) is 28.4. The molecule has 0 N–H and O–H groups in total. The molecule has 0 bridgehead atoms. The minimum absolute atomic E-state index is 0.123. The van der Waals surface area contributed by atoms with Crippen molar-refractivity contribution in [1.29, 1.82) is 0 Å². The average Bonchev–Trinajstić information content (AvgIpc) is 4.38. The number of nitrogens with zero attached hydrogens (tertiary/aromatic N) is 2. The third-order valence-corrected chi connectivity index (χ3v) is 16.9. The molecule has 342 valence electrons. The Morgan fingerprint density at radius 2 is 0.838 bits per heavy atom. The van der Waals surface area contributed by atoms with Crippen LogP contribution in [0.4, 0.5) is 17.1 Å². The summed E-state index contributed by atoms with van der Waals surface area (Å²) in [6.07, 6.45) is 0. The maximum atomic E-state index is 10.1.